The zero-order valence-electron chi connectivity index (χ0n) is 17.9. The summed E-state index contributed by atoms with van der Waals surface area (Å²) in [4.78, 5) is 24.2. The zero-order valence-corrected chi connectivity index (χ0v) is 17.9. The van der Waals surface area contributed by atoms with Crippen molar-refractivity contribution in [1.82, 2.24) is 14.5 Å². The molecule has 5 rings (SSSR count). The molecule has 1 saturated heterocycles. The monoisotopic (exact) mass is 416 g/mol. The van der Waals surface area contributed by atoms with Crippen molar-refractivity contribution in [2.75, 3.05) is 38.3 Å². The molecule has 3 heterocycles. The standard InChI is InChI=1S/C24H24N4O3/c1-15-5-4-6-19-22(15)20(7-8-25-19)28-16(2)26-23-18(24(29)30-3)13-17(14-21(23)28)27-9-11-31-12-10-27/h4-8,13-14H,9-12H2,1-3H3. The number of fused-ring (bicyclic) bond motifs is 2. The molecular weight excluding hydrogens is 392 g/mol. The van der Waals surface area contributed by atoms with Crippen molar-refractivity contribution in [2.24, 2.45) is 0 Å². The Hall–Kier alpha value is -3.45. The Kier molecular flexibility index (Phi) is 4.82. The molecule has 158 valence electrons. The highest BCUT2D eigenvalue weighted by molar-refractivity contribution is 6.05. The number of aryl methyl sites for hydroxylation is 2. The molecule has 0 radical (unpaired) electrons. The molecule has 2 aromatic carbocycles. The lowest BCUT2D eigenvalue weighted by Crippen LogP contribution is -2.36. The van der Waals surface area contributed by atoms with Crippen LogP contribution in [0.25, 0.3) is 27.6 Å². The maximum absolute atomic E-state index is 12.7. The summed E-state index contributed by atoms with van der Waals surface area (Å²) in [5.41, 5.74) is 6.01. The van der Waals surface area contributed by atoms with Crippen LogP contribution in [0, 0.1) is 13.8 Å². The van der Waals surface area contributed by atoms with Crippen LogP contribution in [-0.4, -0.2) is 53.9 Å². The van der Waals surface area contributed by atoms with Crippen LogP contribution in [0.15, 0.2) is 42.6 Å². The van der Waals surface area contributed by atoms with E-state index in [4.69, 9.17) is 14.5 Å². The number of carbonyl (C=O) groups is 1. The van der Waals surface area contributed by atoms with E-state index in [9.17, 15) is 4.79 Å². The first-order valence-corrected chi connectivity index (χ1v) is 10.4. The Morgan fingerprint density at radius 1 is 1.13 bits per heavy atom. The van der Waals surface area contributed by atoms with Gasteiger partial charge in [-0.3, -0.25) is 9.55 Å². The van der Waals surface area contributed by atoms with E-state index in [0.29, 0.717) is 24.3 Å². The van der Waals surface area contributed by atoms with Gasteiger partial charge in [0, 0.05) is 30.4 Å². The number of esters is 1. The summed E-state index contributed by atoms with van der Waals surface area (Å²) in [5.74, 6) is 0.413. The molecule has 0 bridgehead atoms. The molecule has 7 heteroatoms. The zero-order chi connectivity index (χ0) is 21.5. The minimum atomic E-state index is -0.388. The summed E-state index contributed by atoms with van der Waals surface area (Å²) in [7, 11) is 1.40. The Morgan fingerprint density at radius 2 is 1.94 bits per heavy atom. The number of morpholine rings is 1. The van der Waals surface area contributed by atoms with Gasteiger partial charge in [-0.15, -0.1) is 0 Å². The van der Waals surface area contributed by atoms with Crippen LogP contribution < -0.4 is 4.90 Å². The Bertz CT molecular complexity index is 1300. The quantitative estimate of drug-likeness (QED) is 0.473. The molecule has 7 nitrogen and oxygen atoms in total. The van der Waals surface area contributed by atoms with E-state index in [2.05, 4.69) is 33.5 Å². The number of carbonyl (C=O) groups excluding carboxylic acids is 1. The highest BCUT2D eigenvalue weighted by atomic mass is 16.5. The SMILES string of the molecule is COC(=O)c1cc(N2CCOCC2)cc2c1nc(C)n2-c1ccnc2cccc(C)c12. The first-order valence-electron chi connectivity index (χ1n) is 10.4. The minimum absolute atomic E-state index is 0.388. The van der Waals surface area contributed by atoms with Crippen molar-refractivity contribution in [2.45, 2.75) is 13.8 Å². The van der Waals surface area contributed by atoms with Crippen molar-refractivity contribution >= 4 is 33.6 Å². The number of ether oxygens (including phenoxy) is 2. The second-order valence-electron chi connectivity index (χ2n) is 7.75. The van der Waals surface area contributed by atoms with Crippen LogP contribution in [0.1, 0.15) is 21.7 Å². The van der Waals surface area contributed by atoms with Gasteiger partial charge in [-0.2, -0.15) is 0 Å². The molecule has 0 unspecified atom stereocenters. The summed E-state index contributed by atoms with van der Waals surface area (Å²) in [6.45, 7) is 6.92. The summed E-state index contributed by atoms with van der Waals surface area (Å²) >= 11 is 0. The van der Waals surface area contributed by atoms with Crippen LogP contribution >= 0.6 is 0 Å². The normalized spacial score (nSPS) is 14.4. The Balaban J connectivity index is 1.82. The molecule has 0 N–H and O–H groups in total. The third-order valence-electron chi connectivity index (χ3n) is 5.89. The van der Waals surface area contributed by atoms with Gasteiger partial charge >= 0.3 is 5.97 Å². The van der Waals surface area contributed by atoms with Gasteiger partial charge in [0.25, 0.3) is 0 Å². The van der Waals surface area contributed by atoms with Gasteiger partial charge in [0.1, 0.15) is 11.3 Å². The fourth-order valence-electron chi connectivity index (χ4n) is 4.40. The number of rotatable bonds is 3. The predicted molar refractivity (Wildman–Crippen MR) is 120 cm³/mol. The molecule has 0 saturated carbocycles. The molecule has 1 fully saturated rings. The second kappa shape index (κ2) is 7.67. The summed E-state index contributed by atoms with van der Waals surface area (Å²) in [6, 6.07) is 12.1. The molecule has 2 aromatic heterocycles. The van der Waals surface area contributed by atoms with Crippen molar-refractivity contribution in [3.05, 3.63) is 59.5 Å². The lowest BCUT2D eigenvalue weighted by Gasteiger charge is -2.29. The smallest absolute Gasteiger partial charge is 0.340 e. The summed E-state index contributed by atoms with van der Waals surface area (Å²) in [5, 5.41) is 1.07. The number of pyridine rings is 1. The highest BCUT2D eigenvalue weighted by Gasteiger charge is 2.23. The van der Waals surface area contributed by atoms with Gasteiger partial charge in [-0.1, -0.05) is 12.1 Å². The third-order valence-corrected chi connectivity index (χ3v) is 5.89. The topological polar surface area (TPSA) is 69.5 Å². The lowest BCUT2D eigenvalue weighted by molar-refractivity contribution is 0.0603. The number of imidazole rings is 1. The molecule has 0 amide bonds. The van der Waals surface area contributed by atoms with Crippen LogP contribution in [0.5, 0.6) is 0 Å². The molecule has 0 spiro atoms. The van der Waals surface area contributed by atoms with E-state index >= 15 is 0 Å². The number of nitrogens with zero attached hydrogens (tertiary/aromatic N) is 4. The minimum Gasteiger partial charge on any atom is -0.465 e. The average Bonchev–Trinajstić information content (AvgIpc) is 3.13. The van der Waals surface area contributed by atoms with E-state index < -0.39 is 0 Å². The molecule has 0 atom stereocenters. The number of hydrogen-bond donors (Lipinski definition) is 0. The fraction of sp³-hybridized carbons (Fsp3) is 0.292. The molecule has 0 aliphatic carbocycles. The van der Waals surface area contributed by atoms with Crippen LogP contribution in [0.2, 0.25) is 0 Å². The van der Waals surface area contributed by atoms with Gasteiger partial charge in [-0.25, -0.2) is 9.78 Å². The Morgan fingerprint density at radius 3 is 2.71 bits per heavy atom. The largest absolute Gasteiger partial charge is 0.465 e. The molecule has 1 aliphatic heterocycles. The van der Waals surface area contributed by atoms with Gasteiger partial charge < -0.3 is 14.4 Å². The van der Waals surface area contributed by atoms with Gasteiger partial charge in [0.2, 0.25) is 0 Å². The van der Waals surface area contributed by atoms with Crippen molar-refractivity contribution < 1.29 is 14.3 Å². The van der Waals surface area contributed by atoms with Gasteiger partial charge in [0.15, 0.2) is 0 Å². The molecule has 4 aromatic rings. The van der Waals surface area contributed by atoms with E-state index in [1.807, 2.05) is 37.4 Å². The highest BCUT2D eigenvalue weighted by Crippen LogP contribution is 2.33. The average molecular weight is 416 g/mol. The van der Waals surface area contributed by atoms with Crippen LogP contribution in [0.3, 0.4) is 0 Å². The number of methoxy groups -OCH3 is 1. The number of benzene rings is 2. The lowest BCUT2D eigenvalue weighted by atomic mass is 10.1. The second-order valence-corrected chi connectivity index (χ2v) is 7.75. The van der Waals surface area contributed by atoms with Gasteiger partial charge in [0.05, 0.1) is 42.6 Å². The van der Waals surface area contributed by atoms with Crippen LogP contribution in [0.4, 0.5) is 5.69 Å². The summed E-state index contributed by atoms with van der Waals surface area (Å²) in [6.07, 6.45) is 1.81. The predicted octanol–water partition coefficient (Wildman–Crippen LogP) is 3.81. The van der Waals surface area contributed by atoms with E-state index in [1.165, 1.54) is 7.11 Å². The maximum atomic E-state index is 12.7. The van der Waals surface area contributed by atoms with Gasteiger partial charge in [-0.05, 0) is 43.7 Å². The third kappa shape index (κ3) is 3.21. The maximum Gasteiger partial charge on any atom is 0.340 e. The number of anilines is 1. The van der Waals surface area contributed by atoms with Crippen molar-refractivity contribution in [3.63, 3.8) is 0 Å². The first-order chi connectivity index (χ1) is 15.1. The molecule has 1 aliphatic rings. The molecular formula is C24H24N4O3. The fourth-order valence-corrected chi connectivity index (χ4v) is 4.40. The molecule has 31 heavy (non-hydrogen) atoms. The summed E-state index contributed by atoms with van der Waals surface area (Å²) < 4.78 is 12.7. The number of hydrogen-bond acceptors (Lipinski definition) is 6. The van der Waals surface area contributed by atoms with E-state index in [1.54, 1.807) is 0 Å². The van der Waals surface area contributed by atoms with Crippen LogP contribution in [-0.2, 0) is 9.47 Å². The number of aromatic nitrogens is 3. The van der Waals surface area contributed by atoms with Crippen molar-refractivity contribution in [1.29, 1.82) is 0 Å². The first kappa shape index (κ1) is 19.5. The van der Waals surface area contributed by atoms with E-state index in [0.717, 1.165) is 52.3 Å². The Labute approximate surface area is 180 Å². The van der Waals surface area contributed by atoms with Crippen molar-refractivity contribution in [3.8, 4) is 5.69 Å². The van der Waals surface area contributed by atoms with E-state index in [-0.39, 0.29) is 5.97 Å².